The summed E-state index contributed by atoms with van der Waals surface area (Å²) in [6.07, 6.45) is 3.70. The summed E-state index contributed by atoms with van der Waals surface area (Å²) in [5.74, 6) is -1.19. The highest BCUT2D eigenvalue weighted by atomic mass is 32.2. The number of rotatable bonds is 4. The minimum atomic E-state index is -3.83. The Balaban J connectivity index is 2.34. The predicted molar refractivity (Wildman–Crippen MR) is 65.2 cm³/mol. The van der Waals surface area contributed by atoms with Crippen molar-refractivity contribution in [1.29, 1.82) is 0 Å². The lowest BCUT2D eigenvalue weighted by Crippen LogP contribution is -2.17. The van der Waals surface area contributed by atoms with E-state index in [1.165, 1.54) is 36.3 Å². The highest BCUT2D eigenvalue weighted by Gasteiger charge is 2.18. The molecule has 0 fully saturated rings. The largest absolute Gasteiger partial charge is 0.478 e. The summed E-state index contributed by atoms with van der Waals surface area (Å²) in [5, 5.41) is 12.5. The van der Waals surface area contributed by atoms with Gasteiger partial charge in [-0.1, -0.05) is 0 Å². The maximum absolute atomic E-state index is 12.0. The molecule has 2 rings (SSSR count). The van der Waals surface area contributed by atoms with E-state index in [2.05, 4.69) is 14.8 Å². The van der Waals surface area contributed by atoms with Crippen LogP contribution in [0.15, 0.2) is 35.7 Å². The number of nitrogens with one attached hydrogen (secondary N) is 1. The average Bonchev–Trinajstić information content (AvgIpc) is 2.76. The van der Waals surface area contributed by atoms with Gasteiger partial charge in [0.05, 0.1) is 23.6 Å². The second-order valence-corrected chi connectivity index (χ2v) is 5.30. The van der Waals surface area contributed by atoms with Crippen molar-refractivity contribution in [2.75, 3.05) is 4.72 Å². The number of nitrogens with zero attached hydrogens (tertiary/aromatic N) is 3. The number of sulfonamides is 1. The van der Waals surface area contributed by atoms with Crippen molar-refractivity contribution in [3.8, 4) is 0 Å². The molecule has 2 aromatic rings. The van der Waals surface area contributed by atoms with Crippen LogP contribution in [-0.2, 0) is 17.1 Å². The molecule has 0 atom stereocenters. The molecule has 100 valence electrons. The van der Waals surface area contributed by atoms with Gasteiger partial charge in [-0.2, -0.15) is 13.5 Å². The fraction of sp³-hybridized carbons (Fsp3) is 0.100. The third-order valence-corrected chi connectivity index (χ3v) is 3.74. The molecule has 8 nitrogen and oxygen atoms in total. The van der Waals surface area contributed by atoms with Crippen LogP contribution in [0, 0.1) is 0 Å². The number of carbonyl (C=O) groups is 1. The summed E-state index contributed by atoms with van der Waals surface area (Å²) in [7, 11) is -2.34. The van der Waals surface area contributed by atoms with Crippen LogP contribution in [0.3, 0.4) is 0 Å². The predicted octanol–water partition coefficient (Wildman–Crippen LogP) is 0.314. The molecule has 0 spiro atoms. The smallest absolute Gasteiger partial charge is 0.337 e. The zero-order valence-electron chi connectivity index (χ0n) is 9.81. The summed E-state index contributed by atoms with van der Waals surface area (Å²) in [6, 6.07) is 2.51. The third-order valence-electron chi connectivity index (χ3n) is 2.29. The van der Waals surface area contributed by atoms with Crippen LogP contribution in [0.25, 0.3) is 0 Å². The standard InChI is InChI=1S/C10H10N4O4S/c1-14-9(2-3-12-14)19(17,18)13-8-4-7(10(15)16)5-11-6-8/h2-6,13H,1H3,(H,15,16). The van der Waals surface area contributed by atoms with Gasteiger partial charge in [0.25, 0.3) is 10.0 Å². The third kappa shape index (κ3) is 2.71. The van der Waals surface area contributed by atoms with Crippen LogP contribution < -0.4 is 4.72 Å². The van der Waals surface area contributed by atoms with Crippen LogP contribution in [0.5, 0.6) is 0 Å². The molecular weight excluding hydrogens is 272 g/mol. The van der Waals surface area contributed by atoms with Crippen molar-refractivity contribution in [2.45, 2.75) is 5.03 Å². The number of hydrogen-bond acceptors (Lipinski definition) is 5. The zero-order valence-corrected chi connectivity index (χ0v) is 10.6. The van der Waals surface area contributed by atoms with E-state index < -0.39 is 16.0 Å². The van der Waals surface area contributed by atoms with Gasteiger partial charge in [-0.25, -0.2) is 4.79 Å². The number of carboxylic acids is 1. The Morgan fingerprint density at radius 1 is 1.42 bits per heavy atom. The SMILES string of the molecule is Cn1nccc1S(=O)(=O)Nc1cncc(C(=O)O)c1. The first-order valence-corrected chi connectivity index (χ1v) is 6.57. The van der Waals surface area contributed by atoms with Crippen molar-refractivity contribution in [2.24, 2.45) is 7.05 Å². The van der Waals surface area contributed by atoms with Crippen LogP contribution >= 0.6 is 0 Å². The first-order valence-electron chi connectivity index (χ1n) is 5.09. The number of aromatic carboxylic acids is 1. The Labute approximate surface area is 108 Å². The highest BCUT2D eigenvalue weighted by Crippen LogP contribution is 2.15. The van der Waals surface area contributed by atoms with E-state index in [1.54, 1.807) is 0 Å². The first-order chi connectivity index (χ1) is 8.90. The summed E-state index contributed by atoms with van der Waals surface area (Å²) in [5.41, 5.74) is -0.0358. The number of carboxylic acid groups (broad SMARTS) is 1. The van der Waals surface area contributed by atoms with Gasteiger partial charge >= 0.3 is 5.97 Å². The zero-order chi connectivity index (χ0) is 14.0. The van der Waals surface area contributed by atoms with Gasteiger partial charge in [0.1, 0.15) is 0 Å². The van der Waals surface area contributed by atoms with Gasteiger partial charge in [0, 0.05) is 13.2 Å². The van der Waals surface area contributed by atoms with Gasteiger partial charge in [-0.15, -0.1) is 0 Å². The molecule has 19 heavy (non-hydrogen) atoms. The van der Waals surface area contributed by atoms with E-state index in [1.807, 2.05) is 0 Å². The molecule has 2 heterocycles. The van der Waals surface area contributed by atoms with E-state index in [0.29, 0.717) is 0 Å². The molecule has 9 heteroatoms. The van der Waals surface area contributed by atoms with Gasteiger partial charge in [0.2, 0.25) is 0 Å². The van der Waals surface area contributed by atoms with Crippen LogP contribution in [-0.4, -0.2) is 34.3 Å². The molecule has 0 radical (unpaired) electrons. The Kier molecular flexibility index (Phi) is 3.21. The molecule has 0 unspecified atom stereocenters. The lowest BCUT2D eigenvalue weighted by molar-refractivity contribution is 0.0696. The van der Waals surface area contributed by atoms with Gasteiger partial charge < -0.3 is 5.11 Å². The minimum absolute atomic E-state index is 0.0340. The fourth-order valence-corrected chi connectivity index (χ4v) is 2.61. The fourth-order valence-electron chi connectivity index (χ4n) is 1.45. The highest BCUT2D eigenvalue weighted by molar-refractivity contribution is 7.92. The summed E-state index contributed by atoms with van der Waals surface area (Å²) < 4.78 is 27.5. The summed E-state index contributed by atoms with van der Waals surface area (Å²) >= 11 is 0. The van der Waals surface area contributed by atoms with Gasteiger partial charge in [-0.3, -0.25) is 14.4 Å². The monoisotopic (exact) mass is 282 g/mol. The maximum Gasteiger partial charge on any atom is 0.337 e. The molecule has 2 N–H and O–H groups in total. The molecule has 0 aliphatic rings. The molecule has 0 saturated carbocycles. The first kappa shape index (κ1) is 13.0. The Morgan fingerprint density at radius 2 is 2.16 bits per heavy atom. The number of aryl methyl sites for hydroxylation is 1. The Bertz CT molecular complexity index is 723. The minimum Gasteiger partial charge on any atom is -0.478 e. The Morgan fingerprint density at radius 3 is 2.74 bits per heavy atom. The molecule has 0 saturated heterocycles. The van der Waals surface area contributed by atoms with E-state index >= 15 is 0 Å². The van der Waals surface area contributed by atoms with Crippen molar-refractivity contribution >= 4 is 21.7 Å². The number of aromatic nitrogens is 3. The van der Waals surface area contributed by atoms with Crippen LogP contribution in [0.1, 0.15) is 10.4 Å². The maximum atomic E-state index is 12.0. The van der Waals surface area contributed by atoms with Gasteiger partial charge in [-0.05, 0) is 12.1 Å². The van der Waals surface area contributed by atoms with E-state index in [-0.39, 0.29) is 16.3 Å². The number of anilines is 1. The van der Waals surface area contributed by atoms with Crippen molar-refractivity contribution < 1.29 is 18.3 Å². The quantitative estimate of drug-likeness (QED) is 0.834. The summed E-state index contributed by atoms with van der Waals surface area (Å²) in [6.45, 7) is 0. The van der Waals surface area contributed by atoms with Crippen LogP contribution in [0.2, 0.25) is 0 Å². The topological polar surface area (TPSA) is 114 Å². The molecule has 0 aromatic carbocycles. The second-order valence-electron chi connectivity index (χ2n) is 3.67. The molecule has 2 aromatic heterocycles. The molecule has 0 aliphatic carbocycles. The average molecular weight is 282 g/mol. The Hall–Kier alpha value is -2.42. The molecule has 0 amide bonds. The van der Waals surface area contributed by atoms with Gasteiger partial charge in [0.15, 0.2) is 5.03 Å². The van der Waals surface area contributed by atoms with E-state index in [4.69, 9.17) is 5.11 Å². The molecule has 0 aliphatic heterocycles. The van der Waals surface area contributed by atoms with Crippen molar-refractivity contribution in [3.05, 3.63) is 36.3 Å². The second kappa shape index (κ2) is 4.69. The number of pyridine rings is 1. The lowest BCUT2D eigenvalue weighted by atomic mass is 10.3. The van der Waals surface area contributed by atoms with E-state index in [9.17, 15) is 13.2 Å². The van der Waals surface area contributed by atoms with E-state index in [0.717, 1.165) is 6.20 Å². The normalized spacial score (nSPS) is 11.2. The van der Waals surface area contributed by atoms with Crippen molar-refractivity contribution in [3.63, 3.8) is 0 Å². The molecule has 0 bridgehead atoms. The number of hydrogen-bond donors (Lipinski definition) is 2. The lowest BCUT2D eigenvalue weighted by Gasteiger charge is -2.08. The van der Waals surface area contributed by atoms with Crippen LogP contribution in [0.4, 0.5) is 5.69 Å². The van der Waals surface area contributed by atoms with Crippen molar-refractivity contribution in [1.82, 2.24) is 14.8 Å². The summed E-state index contributed by atoms with van der Waals surface area (Å²) in [4.78, 5) is 14.4. The molecular formula is C10H10N4O4S.